The summed E-state index contributed by atoms with van der Waals surface area (Å²) in [4.78, 5) is 1.94. The number of phenols is 1. The van der Waals surface area contributed by atoms with E-state index in [1.807, 2.05) is 52.8 Å². The van der Waals surface area contributed by atoms with Gasteiger partial charge in [0.2, 0.25) is 0 Å². The average Bonchev–Trinajstić information content (AvgIpc) is 2.47. The highest BCUT2D eigenvalue weighted by molar-refractivity contribution is 6.62. The summed E-state index contributed by atoms with van der Waals surface area (Å²) >= 11 is 0. The van der Waals surface area contributed by atoms with Gasteiger partial charge in [0.05, 0.1) is 11.2 Å². The van der Waals surface area contributed by atoms with E-state index in [0.717, 1.165) is 11.2 Å². The summed E-state index contributed by atoms with van der Waals surface area (Å²) in [7, 11) is 3.42. The number of aromatic hydroxyl groups is 1. The third kappa shape index (κ3) is 2.58. The van der Waals surface area contributed by atoms with Gasteiger partial charge >= 0.3 is 7.12 Å². The first-order valence-corrected chi connectivity index (χ1v) is 6.49. The van der Waals surface area contributed by atoms with Crippen molar-refractivity contribution in [1.82, 2.24) is 0 Å². The zero-order valence-corrected chi connectivity index (χ0v) is 12.5. The summed E-state index contributed by atoms with van der Waals surface area (Å²) in [6, 6.07) is 5.38. The maximum Gasteiger partial charge on any atom is 0.495 e. The fourth-order valence-corrected chi connectivity index (χ4v) is 1.99. The molecule has 5 heteroatoms. The van der Waals surface area contributed by atoms with Gasteiger partial charge < -0.3 is 19.3 Å². The average molecular weight is 263 g/mol. The van der Waals surface area contributed by atoms with Crippen LogP contribution in [-0.2, 0) is 9.31 Å². The standard InChI is InChI=1S/C14H22BNO3/c1-13(2)14(3,4)19-15(18-13)10-7-11(16(5)6)9-12(17)8-10/h7-9,17H,1-6H3. The molecule has 1 aromatic rings. The molecule has 1 heterocycles. The number of hydrogen-bond donors (Lipinski definition) is 1. The van der Waals surface area contributed by atoms with Gasteiger partial charge in [0, 0.05) is 25.8 Å². The van der Waals surface area contributed by atoms with E-state index >= 15 is 0 Å². The number of rotatable bonds is 2. The van der Waals surface area contributed by atoms with Gasteiger partial charge in [-0.3, -0.25) is 0 Å². The van der Waals surface area contributed by atoms with Crippen LogP contribution >= 0.6 is 0 Å². The van der Waals surface area contributed by atoms with Crippen LogP contribution in [0.15, 0.2) is 18.2 Å². The van der Waals surface area contributed by atoms with E-state index in [2.05, 4.69) is 0 Å². The predicted octanol–water partition coefficient (Wildman–Crippen LogP) is 1.76. The summed E-state index contributed by atoms with van der Waals surface area (Å²) < 4.78 is 12.0. The molecule has 0 radical (unpaired) electrons. The Balaban J connectivity index is 2.34. The lowest BCUT2D eigenvalue weighted by Crippen LogP contribution is -2.41. The van der Waals surface area contributed by atoms with Crippen molar-refractivity contribution in [2.45, 2.75) is 38.9 Å². The predicted molar refractivity (Wildman–Crippen MR) is 78.1 cm³/mol. The molecule has 0 amide bonds. The molecule has 0 aromatic heterocycles. The molecule has 0 spiro atoms. The smallest absolute Gasteiger partial charge is 0.495 e. The van der Waals surface area contributed by atoms with Gasteiger partial charge in [-0.2, -0.15) is 0 Å². The third-order valence-electron chi connectivity index (χ3n) is 3.97. The lowest BCUT2D eigenvalue weighted by atomic mass is 9.78. The maximum absolute atomic E-state index is 9.83. The molecular weight excluding hydrogens is 241 g/mol. The fourth-order valence-electron chi connectivity index (χ4n) is 1.99. The molecule has 1 aromatic carbocycles. The van der Waals surface area contributed by atoms with Gasteiger partial charge in [0.1, 0.15) is 5.75 Å². The van der Waals surface area contributed by atoms with E-state index in [0.29, 0.717) is 0 Å². The van der Waals surface area contributed by atoms with Crippen LogP contribution in [-0.4, -0.2) is 37.5 Å². The molecule has 1 N–H and O–H groups in total. The highest BCUT2D eigenvalue weighted by Gasteiger charge is 2.51. The Labute approximate surface area is 115 Å². The molecule has 1 aliphatic heterocycles. The molecule has 0 unspecified atom stereocenters. The molecule has 0 atom stereocenters. The van der Waals surface area contributed by atoms with E-state index in [1.165, 1.54) is 0 Å². The minimum Gasteiger partial charge on any atom is -0.508 e. The maximum atomic E-state index is 9.83. The first-order chi connectivity index (χ1) is 8.62. The second-order valence-electron chi connectivity index (χ2n) is 6.27. The molecule has 0 bridgehead atoms. The van der Waals surface area contributed by atoms with Gasteiger partial charge in [-0.05, 0) is 45.3 Å². The van der Waals surface area contributed by atoms with Crippen molar-refractivity contribution in [2.24, 2.45) is 0 Å². The van der Waals surface area contributed by atoms with Gasteiger partial charge in [0.15, 0.2) is 0 Å². The Hall–Kier alpha value is -1.20. The SMILES string of the molecule is CN(C)c1cc(O)cc(B2OC(C)(C)C(C)(C)O2)c1. The van der Waals surface area contributed by atoms with Crippen molar-refractivity contribution < 1.29 is 14.4 Å². The van der Waals surface area contributed by atoms with Crippen LogP contribution in [0.4, 0.5) is 5.69 Å². The van der Waals surface area contributed by atoms with E-state index in [9.17, 15) is 5.11 Å². The largest absolute Gasteiger partial charge is 0.508 e. The van der Waals surface area contributed by atoms with Crippen LogP contribution in [0.3, 0.4) is 0 Å². The molecule has 0 aliphatic carbocycles. The van der Waals surface area contributed by atoms with E-state index < -0.39 is 7.12 Å². The quantitative estimate of drug-likeness (QED) is 0.825. The minimum absolute atomic E-state index is 0.218. The Bertz CT molecular complexity index is 470. The van der Waals surface area contributed by atoms with Crippen LogP contribution in [0.1, 0.15) is 27.7 Å². The number of hydrogen-bond acceptors (Lipinski definition) is 4. The summed E-state index contributed by atoms with van der Waals surface area (Å²) in [6.45, 7) is 8.07. The monoisotopic (exact) mass is 263 g/mol. The van der Waals surface area contributed by atoms with Gasteiger partial charge in [-0.15, -0.1) is 0 Å². The van der Waals surface area contributed by atoms with Crippen molar-refractivity contribution >= 4 is 18.3 Å². The summed E-state index contributed by atoms with van der Waals surface area (Å²) in [5, 5.41) is 9.83. The second kappa shape index (κ2) is 4.42. The van der Waals surface area contributed by atoms with Crippen molar-refractivity contribution in [1.29, 1.82) is 0 Å². The van der Waals surface area contributed by atoms with Crippen LogP contribution in [0.25, 0.3) is 0 Å². The molecule has 0 saturated carbocycles. The number of nitrogens with zero attached hydrogens (tertiary/aromatic N) is 1. The molecule has 1 aliphatic rings. The van der Waals surface area contributed by atoms with Crippen LogP contribution in [0, 0.1) is 0 Å². The van der Waals surface area contributed by atoms with Crippen LogP contribution in [0.2, 0.25) is 0 Å². The van der Waals surface area contributed by atoms with Crippen molar-refractivity contribution in [3.05, 3.63) is 18.2 Å². The van der Waals surface area contributed by atoms with Crippen molar-refractivity contribution in [3.8, 4) is 5.75 Å². The number of anilines is 1. The first-order valence-electron chi connectivity index (χ1n) is 6.49. The Morgan fingerprint density at radius 1 is 1.00 bits per heavy atom. The van der Waals surface area contributed by atoms with Gasteiger partial charge in [-0.25, -0.2) is 0 Å². The Morgan fingerprint density at radius 2 is 1.53 bits per heavy atom. The second-order valence-corrected chi connectivity index (χ2v) is 6.27. The molecule has 19 heavy (non-hydrogen) atoms. The fraction of sp³-hybridized carbons (Fsp3) is 0.571. The van der Waals surface area contributed by atoms with E-state index in [4.69, 9.17) is 9.31 Å². The third-order valence-corrected chi connectivity index (χ3v) is 3.97. The summed E-state index contributed by atoms with van der Waals surface area (Å²) in [5.41, 5.74) is 1.01. The highest BCUT2D eigenvalue weighted by atomic mass is 16.7. The topological polar surface area (TPSA) is 41.9 Å². The number of phenolic OH excluding ortho intramolecular Hbond substituents is 1. The van der Waals surface area contributed by atoms with Crippen molar-refractivity contribution in [2.75, 3.05) is 19.0 Å². The van der Waals surface area contributed by atoms with Crippen LogP contribution in [0.5, 0.6) is 5.75 Å². The molecule has 2 rings (SSSR count). The molecule has 104 valence electrons. The van der Waals surface area contributed by atoms with Crippen LogP contribution < -0.4 is 10.4 Å². The lowest BCUT2D eigenvalue weighted by Gasteiger charge is -2.32. The molecule has 1 fully saturated rings. The number of benzene rings is 1. The van der Waals surface area contributed by atoms with Crippen molar-refractivity contribution in [3.63, 3.8) is 0 Å². The Morgan fingerprint density at radius 3 is 2.00 bits per heavy atom. The van der Waals surface area contributed by atoms with E-state index in [1.54, 1.807) is 12.1 Å². The lowest BCUT2D eigenvalue weighted by molar-refractivity contribution is 0.00578. The van der Waals surface area contributed by atoms with E-state index in [-0.39, 0.29) is 17.0 Å². The normalized spacial score (nSPS) is 20.6. The zero-order chi connectivity index (χ0) is 14.4. The zero-order valence-electron chi connectivity index (χ0n) is 12.5. The van der Waals surface area contributed by atoms with Gasteiger partial charge in [0.25, 0.3) is 0 Å². The molecular formula is C14H22BNO3. The molecule has 4 nitrogen and oxygen atoms in total. The van der Waals surface area contributed by atoms with Gasteiger partial charge in [-0.1, -0.05) is 0 Å². The first kappa shape index (κ1) is 14.2. The highest BCUT2D eigenvalue weighted by Crippen LogP contribution is 2.36. The molecule has 1 saturated heterocycles. The summed E-state index contributed by atoms with van der Waals surface area (Å²) in [6.07, 6.45) is 0. The minimum atomic E-state index is -0.448. The Kier molecular flexibility index (Phi) is 3.31. The summed E-state index contributed by atoms with van der Waals surface area (Å²) in [5.74, 6) is 0.218.